The maximum absolute atomic E-state index is 12.5. The molecule has 0 N–H and O–H groups in total. The van der Waals surface area contributed by atoms with Gasteiger partial charge in [-0.15, -0.1) is 11.3 Å². The summed E-state index contributed by atoms with van der Waals surface area (Å²) in [6.07, 6.45) is 2.40. The predicted molar refractivity (Wildman–Crippen MR) is 74.6 cm³/mol. The Kier molecular flexibility index (Phi) is 2.56. The van der Waals surface area contributed by atoms with E-state index in [0.717, 1.165) is 21.5 Å². The second-order valence-corrected chi connectivity index (χ2v) is 5.77. The molecular formula is C14H11N3O2S. The van der Waals surface area contributed by atoms with Crippen LogP contribution in [-0.4, -0.2) is 27.5 Å². The van der Waals surface area contributed by atoms with Crippen LogP contribution in [0.4, 0.5) is 0 Å². The molecule has 3 aromatic rings. The Hall–Kier alpha value is -2.21. The molecule has 0 radical (unpaired) electrons. The lowest BCUT2D eigenvalue weighted by Gasteiger charge is -2.24. The number of thiazole rings is 1. The molecule has 1 aliphatic rings. The van der Waals surface area contributed by atoms with Crippen molar-refractivity contribution < 1.29 is 9.32 Å². The largest absolute Gasteiger partial charge is 0.361 e. The Morgan fingerprint density at radius 3 is 3.15 bits per heavy atom. The molecule has 0 spiro atoms. The summed E-state index contributed by atoms with van der Waals surface area (Å²) in [7, 11) is 0. The minimum atomic E-state index is -0.0157. The van der Waals surface area contributed by atoms with E-state index < -0.39 is 0 Å². The summed E-state index contributed by atoms with van der Waals surface area (Å²) in [6, 6.07) is 7.80. The summed E-state index contributed by atoms with van der Waals surface area (Å²) in [5, 5.41) is 4.33. The molecule has 1 aliphatic heterocycles. The Bertz CT molecular complexity index is 759. The van der Waals surface area contributed by atoms with Gasteiger partial charge in [0.15, 0.2) is 5.01 Å². The van der Waals surface area contributed by atoms with Crippen LogP contribution in [0.3, 0.4) is 0 Å². The van der Waals surface area contributed by atoms with Crippen molar-refractivity contribution in [2.75, 3.05) is 6.54 Å². The number of carbonyl (C=O) groups excluding carboxylic acids is 1. The van der Waals surface area contributed by atoms with Gasteiger partial charge >= 0.3 is 0 Å². The Morgan fingerprint density at radius 2 is 2.25 bits per heavy atom. The van der Waals surface area contributed by atoms with Crippen molar-refractivity contribution >= 4 is 27.5 Å². The number of rotatable bonds is 1. The molecule has 6 heteroatoms. The summed E-state index contributed by atoms with van der Waals surface area (Å²) >= 11 is 1.44. The highest BCUT2D eigenvalue weighted by molar-refractivity contribution is 7.20. The van der Waals surface area contributed by atoms with E-state index in [1.807, 2.05) is 24.3 Å². The zero-order valence-corrected chi connectivity index (χ0v) is 11.4. The van der Waals surface area contributed by atoms with Crippen LogP contribution in [-0.2, 0) is 13.0 Å². The molecule has 0 unspecified atom stereocenters. The van der Waals surface area contributed by atoms with E-state index in [0.29, 0.717) is 24.5 Å². The fraction of sp³-hybridized carbons (Fsp3) is 0.214. The van der Waals surface area contributed by atoms with E-state index in [1.54, 1.807) is 11.1 Å². The van der Waals surface area contributed by atoms with Crippen LogP contribution in [0.15, 0.2) is 35.0 Å². The lowest BCUT2D eigenvalue weighted by Crippen LogP contribution is -2.35. The summed E-state index contributed by atoms with van der Waals surface area (Å²) in [6.45, 7) is 1.20. The van der Waals surface area contributed by atoms with Gasteiger partial charge < -0.3 is 9.42 Å². The minimum absolute atomic E-state index is 0.0157. The molecule has 20 heavy (non-hydrogen) atoms. The van der Waals surface area contributed by atoms with Gasteiger partial charge in [0.25, 0.3) is 5.91 Å². The first-order valence-electron chi connectivity index (χ1n) is 6.38. The fourth-order valence-corrected chi connectivity index (χ4v) is 3.35. The molecule has 0 fully saturated rings. The Labute approximate surface area is 118 Å². The van der Waals surface area contributed by atoms with Crippen molar-refractivity contribution in [1.29, 1.82) is 0 Å². The van der Waals surface area contributed by atoms with Gasteiger partial charge in [-0.1, -0.05) is 17.3 Å². The van der Waals surface area contributed by atoms with Crippen LogP contribution in [0.2, 0.25) is 0 Å². The van der Waals surface area contributed by atoms with Gasteiger partial charge in [0.05, 0.1) is 23.0 Å². The summed E-state index contributed by atoms with van der Waals surface area (Å²) in [5.74, 6) is 0.872. The first kappa shape index (κ1) is 11.6. The van der Waals surface area contributed by atoms with Crippen LogP contribution in [0.1, 0.15) is 21.1 Å². The van der Waals surface area contributed by atoms with Crippen molar-refractivity contribution in [1.82, 2.24) is 15.0 Å². The highest BCUT2D eigenvalue weighted by Crippen LogP contribution is 2.25. The maximum Gasteiger partial charge on any atom is 0.283 e. The van der Waals surface area contributed by atoms with Crippen LogP contribution in [0, 0.1) is 0 Å². The standard InChI is InChI=1S/C14H11N3O2S/c18-14(13-16-10-3-1-2-4-12(10)20-13)17-6-5-11-9(8-17)7-15-19-11/h1-4,7H,5-6,8H2. The van der Waals surface area contributed by atoms with E-state index in [2.05, 4.69) is 10.1 Å². The third kappa shape index (κ3) is 1.80. The Balaban J connectivity index is 1.64. The van der Waals surface area contributed by atoms with Crippen LogP contribution in [0.5, 0.6) is 0 Å². The maximum atomic E-state index is 12.5. The highest BCUT2D eigenvalue weighted by atomic mass is 32.1. The molecule has 100 valence electrons. The molecular weight excluding hydrogens is 274 g/mol. The van der Waals surface area contributed by atoms with Crippen LogP contribution >= 0.6 is 11.3 Å². The molecule has 5 nitrogen and oxygen atoms in total. The lowest BCUT2D eigenvalue weighted by atomic mass is 10.1. The van der Waals surface area contributed by atoms with E-state index in [9.17, 15) is 4.79 Å². The zero-order chi connectivity index (χ0) is 13.5. The van der Waals surface area contributed by atoms with Crippen molar-refractivity contribution in [3.63, 3.8) is 0 Å². The highest BCUT2D eigenvalue weighted by Gasteiger charge is 2.26. The average molecular weight is 285 g/mol. The molecule has 0 bridgehead atoms. The van der Waals surface area contributed by atoms with Gasteiger partial charge in [0.1, 0.15) is 5.76 Å². The normalized spacial score (nSPS) is 14.5. The van der Waals surface area contributed by atoms with Gasteiger partial charge in [-0.25, -0.2) is 4.98 Å². The number of benzene rings is 1. The van der Waals surface area contributed by atoms with E-state index in [1.165, 1.54) is 11.3 Å². The number of hydrogen-bond donors (Lipinski definition) is 0. The summed E-state index contributed by atoms with van der Waals surface area (Å²) in [4.78, 5) is 18.7. The van der Waals surface area contributed by atoms with Gasteiger partial charge in [-0.2, -0.15) is 0 Å². The smallest absolute Gasteiger partial charge is 0.283 e. The molecule has 0 saturated carbocycles. The first-order chi connectivity index (χ1) is 9.81. The predicted octanol–water partition coefficient (Wildman–Crippen LogP) is 2.48. The quantitative estimate of drug-likeness (QED) is 0.689. The van der Waals surface area contributed by atoms with E-state index >= 15 is 0 Å². The summed E-state index contributed by atoms with van der Waals surface area (Å²) < 4.78 is 6.18. The molecule has 1 aromatic carbocycles. The van der Waals surface area contributed by atoms with E-state index in [4.69, 9.17) is 4.52 Å². The number of para-hydroxylation sites is 1. The second-order valence-electron chi connectivity index (χ2n) is 4.74. The number of nitrogens with zero attached hydrogens (tertiary/aromatic N) is 3. The second kappa shape index (κ2) is 4.42. The van der Waals surface area contributed by atoms with Crippen LogP contribution < -0.4 is 0 Å². The van der Waals surface area contributed by atoms with Gasteiger partial charge in [-0.3, -0.25) is 4.79 Å². The Morgan fingerprint density at radius 1 is 1.35 bits per heavy atom. The fourth-order valence-electron chi connectivity index (χ4n) is 2.41. The van der Waals surface area contributed by atoms with Crippen LogP contribution in [0.25, 0.3) is 10.2 Å². The van der Waals surface area contributed by atoms with E-state index in [-0.39, 0.29) is 5.91 Å². The number of fused-ring (bicyclic) bond motifs is 2. The SMILES string of the molecule is O=C(c1nc2ccccc2s1)N1CCc2oncc2C1. The molecule has 3 heterocycles. The van der Waals surface area contributed by atoms with Crippen molar-refractivity contribution in [2.24, 2.45) is 0 Å². The minimum Gasteiger partial charge on any atom is -0.361 e. The van der Waals surface area contributed by atoms with Crippen molar-refractivity contribution in [3.05, 3.63) is 46.8 Å². The number of amides is 1. The number of carbonyl (C=O) groups is 1. The molecule has 0 aliphatic carbocycles. The third-order valence-electron chi connectivity index (χ3n) is 3.46. The number of aromatic nitrogens is 2. The average Bonchev–Trinajstić information content (AvgIpc) is 3.11. The molecule has 1 amide bonds. The first-order valence-corrected chi connectivity index (χ1v) is 7.20. The van der Waals surface area contributed by atoms with Crippen molar-refractivity contribution in [3.8, 4) is 0 Å². The monoisotopic (exact) mass is 285 g/mol. The lowest BCUT2D eigenvalue weighted by molar-refractivity contribution is 0.0729. The molecule has 2 aromatic heterocycles. The van der Waals surface area contributed by atoms with Crippen molar-refractivity contribution in [2.45, 2.75) is 13.0 Å². The van der Waals surface area contributed by atoms with Gasteiger partial charge in [0, 0.05) is 18.5 Å². The molecule has 0 atom stereocenters. The number of hydrogen-bond acceptors (Lipinski definition) is 5. The third-order valence-corrected chi connectivity index (χ3v) is 4.49. The summed E-state index contributed by atoms with van der Waals surface area (Å²) in [5.41, 5.74) is 1.87. The van der Waals surface area contributed by atoms with Gasteiger partial charge in [0.2, 0.25) is 0 Å². The van der Waals surface area contributed by atoms with Gasteiger partial charge in [-0.05, 0) is 12.1 Å². The topological polar surface area (TPSA) is 59.2 Å². The zero-order valence-electron chi connectivity index (χ0n) is 10.6. The molecule has 0 saturated heterocycles. The molecule has 4 rings (SSSR count).